The van der Waals surface area contributed by atoms with Gasteiger partial charge in [-0.25, -0.2) is 9.69 Å². The number of rotatable bonds is 5. The predicted molar refractivity (Wildman–Crippen MR) is 103 cm³/mol. The molecular weight excluding hydrogens is 356 g/mol. The summed E-state index contributed by atoms with van der Waals surface area (Å²) in [4.78, 5) is 42.8. The summed E-state index contributed by atoms with van der Waals surface area (Å²) in [5.74, 6) is -1.35. The third-order valence-corrected chi connectivity index (χ3v) is 6.86. The van der Waals surface area contributed by atoms with Crippen molar-refractivity contribution in [3.05, 3.63) is 36.2 Å². The highest BCUT2D eigenvalue weighted by atomic mass is 16.2. The minimum absolute atomic E-state index is 0.212. The summed E-state index contributed by atoms with van der Waals surface area (Å²) in [5, 5.41) is 0. The van der Waals surface area contributed by atoms with Gasteiger partial charge in [0, 0.05) is 24.9 Å². The lowest BCUT2D eigenvalue weighted by Crippen LogP contribution is -2.55. The third-order valence-electron chi connectivity index (χ3n) is 6.86. The highest BCUT2D eigenvalue weighted by Gasteiger charge is 2.64. The number of amides is 4. The molecule has 7 nitrogen and oxygen atoms in total. The zero-order valence-corrected chi connectivity index (χ0v) is 15.9. The van der Waals surface area contributed by atoms with Crippen LogP contribution in [-0.4, -0.2) is 59.4 Å². The number of anilines is 1. The van der Waals surface area contributed by atoms with E-state index in [9.17, 15) is 14.4 Å². The molecule has 0 aromatic heterocycles. The van der Waals surface area contributed by atoms with Crippen LogP contribution in [0.25, 0.3) is 0 Å². The fraction of sp³-hybridized carbons (Fsp3) is 0.524. The molecule has 4 fully saturated rings. The first-order chi connectivity index (χ1) is 13.5. The number of carbonyl (C=O) groups excluding carboxylic acids is 3. The van der Waals surface area contributed by atoms with E-state index >= 15 is 0 Å². The van der Waals surface area contributed by atoms with Gasteiger partial charge in [-0.3, -0.25) is 9.59 Å². The smallest absolute Gasteiger partial charge is 0.332 e. The molecule has 147 valence electrons. The van der Waals surface area contributed by atoms with Crippen LogP contribution in [0.15, 0.2) is 24.3 Å². The van der Waals surface area contributed by atoms with Crippen molar-refractivity contribution >= 4 is 23.5 Å². The van der Waals surface area contributed by atoms with Crippen molar-refractivity contribution in [3.8, 4) is 0 Å². The van der Waals surface area contributed by atoms with E-state index < -0.39 is 23.4 Å². The highest BCUT2D eigenvalue weighted by Crippen LogP contribution is 2.49. The lowest BCUT2D eigenvalue weighted by atomic mass is 9.94. The van der Waals surface area contributed by atoms with Crippen LogP contribution in [0.2, 0.25) is 0 Å². The number of imide groups is 1. The lowest BCUT2D eigenvalue weighted by Gasteiger charge is -2.24. The molecule has 7 heteroatoms. The number of carbonyl (C=O) groups is 3. The quantitative estimate of drug-likeness (QED) is 0.617. The van der Waals surface area contributed by atoms with E-state index in [1.54, 1.807) is 6.42 Å². The first kappa shape index (κ1) is 17.7. The lowest BCUT2D eigenvalue weighted by molar-refractivity contribution is -0.134. The van der Waals surface area contributed by atoms with Crippen molar-refractivity contribution in [2.24, 2.45) is 5.73 Å². The molecule has 4 aliphatic rings. The number of primary amides is 1. The van der Waals surface area contributed by atoms with Crippen LogP contribution >= 0.6 is 0 Å². The summed E-state index contributed by atoms with van der Waals surface area (Å²) in [6.07, 6.45) is 6.98. The average Bonchev–Trinajstić information content (AvgIpc) is 3.05. The van der Waals surface area contributed by atoms with Gasteiger partial charge in [0.05, 0.1) is 5.69 Å². The molecule has 5 rings (SSSR count). The van der Waals surface area contributed by atoms with Crippen molar-refractivity contribution in [1.29, 1.82) is 0 Å². The molecule has 1 aromatic carbocycles. The fourth-order valence-electron chi connectivity index (χ4n) is 5.10. The Bertz CT molecular complexity index is 842. The van der Waals surface area contributed by atoms with Crippen LogP contribution < -0.4 is 10.6 Å². The molecule has 3 aliphatic heterocycles. The van der Waals surface area contributed by atoms with Gasteiger partial charge in [-0.15, -0.1) is 0 Å². The zero-order valence-electron chi connectivity index (χ0n) is 15.9. The Morgan fingerprint density at radius 3 is 2.29 bits per heavy atom. The van der Waals surface area contributed by atoms with E-state index in [0.29, 0.717) is 18.7 Å². The van der Waals surface area contributed by atoms with Gasteiger partial charge in [-0.05, 0) is 62.9 Å². The number of nitrogens with zero attached hydrogens (tertiary/aromatic N) is 3. The Kier molecular flexibility index (Phi) is 3.81. The van der Waals surface area contributed by atoms with Crippen molar-refractivity contribution in [2.45, 2.75) is 43.1 Å². The van der Waals surface area contributed by atoms with E-state index in [2.05, 4.69) is 4.90 Å². The van der Waals surface area contributed by atoms with Crippen molar-refractivity contribution < 1.29 is 14.4 Å². The van der Waals surface area contributed by atoms with Crippen LogP contribution in [0.4, 0.5) is 10.5 Å². The van der Waals surface area contributed by atoms with Crippen LogP contribution in [0.3, 0.4) is 0 Å². The third kappa shape index (κ3) is 2.35. The Balaban J connectivity index is 1.40. The molecular formula is C21H25N4O3. The molecule has 0 unspecified atom stereocenters. The predicted octanol–water partition coefficient (Wildman–Crippen LogP) is 1.41. The van der Waals surface area contributed by atoms with Crippen LogP contribution in [-0.2, 0) is 15.0 Å². The van der Waals surface area contributed by atoms with Crippen LogP contribution in [0, 0.1) is 6.42 Å². The Hall–Kier alpha value is -2.41. The molecule has 1 radical (unpaired) electrons. The standard InChI is InChI=1S/C21H25N4O3/c22-17(26)21-8-3-13-24(21)19(28)25(18(21)27)16-6-4-15(5-7-16)20(9-10-20)14-23-11-1-2-12-23/h4-8H,1-3,9-14H2,(H2,22,26)/t21-/m0/s1. The highest BCUT2D eigenvalue weighted by molar-refractivity contribution is 6.32. The largest absolute Gasteiger partial charge is 0.367 e. The van der Waals surface area contributed by atoms with Gasteiger partial charge < -0.3 is 15.5 Å². The maximum atomic E-state index is 13.0. The summed E-state index contributed by atoms with van der Waals surface area (Å²) in [7, 11) is 0. The molecule has 2 N–H and O–H groups in total. The van der Waals surface area contributed by atoms with Crippen molar-refractivity contribution in [1.82, 2.24) is 9.80 Å². The SMILES string of the molecule is NC(=O)[C@]12[CH]CCN1C(=O)N(c1ccc(C3(CN4CCCC4)CC3)cc1)C2=O. The van der Waals surface area contributed by atoms with Crippen molar-refractivity contribution in [2.75, 3.05) is 31.1 Å². The second-order valence-electron chi connectivity index (χ2n) is 8.51. The summed E-state index contributed by atoms with van der Waals surface area (Å²) < 4.78 is 0. The van der Waals surface area contributed by atoms with Gasteiger partial charge in [0.2, 0.25) is 5.54 Å². The van der Waals surface area contributed by atoms with Gasteiger partial charge in [-0.1, -0.05) is 12.1 Å². The molecule has 1 saturated carbocycles. The summed E-state index contributed by atoms with van der Waals surface area (Å²) in [6.45, 7) is 3.78. The van der Waals surface area contributed by atoms with Gasteiger partial charge in [0.15, 0.2) is 0 Å². The topological polar surface area (TPSA) is 86.9 Å². The minimum Gasteiger partial charge on any atom is -0.367 e. The molecule has 1 aliphatic carbocycles. The first-order valence-electron chi connectivity index (χ1n) is 10.1. The second-order valence-corrected chi connectivity index (χ2v) is 8.51. The molecule has 4 amide bonds. The average molecular weight is 381 g/mol. The first-order valence-corrected chi connectivity index (χ1v) is 10.1. The summed E-state index contributed by atoms with van der Waals surface area (Å²) >= 11 is 0. The zero-order chi connectivity index (χ0) is 19.5. The van der Waals surface area contributed by atoms with Gasteiger partial charge in [-0.2, -0.15) is 0 Å². The Morgan fingerprint density at radius 2 is 1.71 bits per heavy atom. The molecule has 0 bridgehead atoms. The van der Waals surface area contributed by atoms with E-state index in [1.807, 2.05) is 24.3 Å². The van der Waals surface area contributed by atoms with Gasteiger partial charge in [0.1, 0.15) is 0 Å². The Morgan fingerprint density at radius 1 is 1.04 bits per heavy atom. The summed E-state index contributed by atoms with van der Waals surface area (Å²) in [6, 6.07) is 7.24. The van der Waals surface area contributed by atoms with E-state index in [1.165, 1.54) is 49.2 Å². The van der Waals surface area contributed by atoms with Crippen LogP contribution in [0.1, 0.15) is 37.7 Å². The molecule has 1 atom stereocenters. The number of hydrogen-bond acceptors (Lipinski definition) is 4. The molecule has 3 saturated heterocycles. The molecule has 1 aromatic rings. The van der Waals surface area contributed by atoms with E-state index in [0.717, 1.165) is 11.4 Å². The normalized spacial score (nSPS) is 28.9. The van der Waals surface area contributed by atoms with Crippen molar-refractivity contribution in [3.63, 3.8) is 0 Å². The molecule has 0 spiro atoms. The number of benzene rings is 1. The monoisotopic (exact) mass is 381 g/mol. The number of urea groups is 1. The second kappa shape index (κ2) is 6.04. The number of fused-ring (bicyclic) bond motifs is 1. The molecule has 28 heavy (non-hydrogen) atoms. The number of likely N-dealkylation sites (tertiary alicyclic amines) is 1. The van der Waals surface area contributed by atoms with Gasteiger partial charge in [0.25, 0.3) is 11.8 Å². The minimum atomic E-state index is -1.62. The van der Waals surface area contributed by atoms with E-state index in [4.69, 9.17) is 5.73 Å². The maximum Gasteiger partial charge on any atom is 0.332 e. The van der Waals surface area contributed by atoms with Crippen LogP contribution in [0.5, 0.6) is 0 Å². The number of hydrogen-bond donors (Lipinski definition) is 1. The maximum absolute atomic E-state index is 13.0. The number of nitrogens with two attached hydrogens (primary N) is 1. The fourth-order valence-corrected chi connectivity index (χ4v) is 5.10. The Labute approximate surface area is 164 Å². The molecule has 3 heterocycles. The van der Waals surface area contributed by atoms with E-state index in [-0.39, 0.29) is 5.41 Å². The van der Waals surface area contributed by atoms with Gasteiger partial charge >= 0.3 is 6.03 Å². The summed E-state index contributed by atoms with van der Waals surface area (Å²) in [5.41, 5.74) is 5.87.